The summed E-state index contributed by atoms with van der Waals surface area (Å²) in [5.74, 6) is 0.180. The van der Waals surface area contributed by atoms with Gasteiger partial charge in [0.15, 0.2) is 11.5 Å². The molecule has 1 saturated heterocycles. The van der Waals surface area contributed by atoms with Crippen molar-refractivity contribution >= 4 is 40.6 Å². The van der Waals surface area contributed by atoms with Crippen LogP contribution in [0.15, 0.2) is 53.4 Å². The number of hydrogen-bond acceptors (Lipinski definition) is 6. The Morgan fingerprint density at radius 2 is 1.90 bits per heavy atom. The third-order valence-corrected chi connectivity index (χ3v) is 4.93. The zero-order chi connectivity index (χ0) is 20.8. The first-order valence-corrected chi connectivity index (χ1v) is 9.74. The maximum atomic E-state index is 12.6. The van der Waals surface area contributed by atoms with Gasteiger partial charge in [-0.1, -0.05) is 24.3 Å². The van der Waals surface area contributed by atoms with Crippen LogP contribution < -0.4 is 14.8 Å². The molecule has 2 aromatic rings. The van der Waals surface area contributed by atoms with Gasteiger partial charge in [-0.05, 0) is 54.6 Å². The van der Waals surface area contributed by atoms with E-state index in [1.807, 2.05) is 13.0 Å². The summed E-state index contributed by atoms with van der Waals surface area (Å²) < 4.78 is 10.8. The van der Waals surface area contributed by atoms with E-state index in [0.717, 1.165) is 16.7 Å². The lowest BCUT2D eigenvalue weighted by atomic mass is 10.2. The second kappa shape index (κ2) is 9.29. The fourth-order valence-corrected chi connectivity index (χ4v) is 3.54. The minimum atomic E-state index is -0.503. The predicted molar refractivity (Wildman–Crippen MR) is 112 cm³/mol. The quantitative estimate of drug-likeness (QED) is 0.697. The minimum absolute atomic E-state index is 0.245. The van der Waals surface area contributed by atoms with Crippen molar-refractivity contribution in [2.45, 2.75) is 6.92 Å². The van der Waals surface area contributed by atoms with Crippen molar-refractivity contribution in [1.29, 1.82) is 0 Å². The first-order chi connectivity index (χ1) is 14.0. The molecule has 8 heteroatoms. The maximum Gasteiger partial charge on any atom is 0.294 e. The summed E-state index contributed by atoms with van der Waals surface area (Å²) in [6.45, 7) is 1.98. The zero-order valence-electron chi connectivity index (χ0n) is 16.0. The predicted octanol–water partition coefficient (Wildman–Crippen LogP) is 3.77. The van der Waals surface area contributed by atoms with Crippen LogP contribution in [0.3, 0.4) is 0 Å². The van der Waals surface area contributed by atoms with E-state index in [4.69, 9.17) is 9.47 Å². The number of benzene rings is 2. The van der Waals surface area contributed by atoms with Gasteiger partial charge >= 0.3 is 0 Å². The molecule has 0 bridgehead atoms. The maximum absolute atomic E-state index is 12.6. The number of thioether (sulfide) groups is 1. The van der Waals surface area contributed by atoms with E-state index >= 15 is 0 Å². The molecule has 1 N–H and O–H groups in total. The van der Waals surface area contributed by atoms with Crippen LogP contribution in [0.1, 0.15) is 12.5 Å². The fourth-order valence-electron chi connectivity index (χ4n) is 2.70. The largest absolute Gasteiger partial charge is 0.493 e. The lowest BCUT2D eigenvalue weighted by Crippen LogP contribution is -2.36. The molecule has 1 fully saturated rings. The molecule has 0 saturated carbocycles. The van der Waals surface area contributed by atoms with Crippen molar-refractivity contribution in [2.75, 3.05) is 25.6 Å². The zero-order valence-corrected chi connectivity index (χ0v) is 16.8. The molecule has 1 heterocycles. The van der Waals surface area contributed by atoms with Gasteiger partial charge in [-0.2, -0.15) is 0 Å². The van der Waals surface area contributed by atoms with Crippen LogP contribution in [0.5, 0.6) is 11.5 Å². The van der Waals surface area contributed by atoms with Crippen LogP contribution in [-0.4, -0.2) is 42.2 Å². The van der Waals surface area contributed by atoms with E-state index in [-0.39, 0.29) is 11.4 Å². The molecule has 1 aliphatic heterocycles. The summed E-state index contributed by atoms with van der Waals surface area (Å²) in [7, 11) is 1.55. The molecule has 3 amide bonds. The summed E-state index contributed by atoms with van der Waals surface area (Å²) in [4.78, 5) is 38.2. The van der Waals surface area contributed by atoms with Crippen molar-refractivity contribution in [3.63, 3.8) is 0 Å². The lowest BCUT2D eigenvalue weighted by Gasteiger charge is -2.12. The highest BCUT2D eigenvalue weighted by Gasteiger charge is 2.36. The highest BCUT2D eigenvalue weighted by Crippen LogP contribution is 2.34. The molecule has 0 aliphatic carbocycles. The second-order valence-electron chi connectivity index (χ2n) is 6.03. The molecular weight excluding hydrogens is 392 g/mol. The highest BCUT2D eigenvalue weighted by molar-refractivity contribution is 8.18. The number of ether oxygens (including phenoxy) is 2. The SMILES string of the molecule is CCOc1cc(/C=C2\SC(=O)N(CC(=O)Nc3ccccc3)C2=O)ccc1OC. The Bertz CT molecular complexity index is 959. The minimum Gasteiger partial charge on any atom is -0.493 e. The molecule has 0 unspecified atom stereocenters. The molecule has 2 aromatic carbocycles. The van der Waals surface area contributed by atoms with Gasteiger partial charge in [-0.25, -0.2) is 0 Å². The Morgan fingerprint density at radius 1 is 1.14 bits per heavy atom. The van der Waals surface area contributed by atoms with Crippen LogP contribution in [0, 0.1) is 0 Å². The van der Waals surface area contributed by atoms with E-state index in [1.54, 1.807) is 55.7 Å². The van der Waals surface area contributed by atoms with Gasteiger partial charge in [0.2, 0.25) is 5.91 Å². The van der Waals surface area contributed by atoms with E-state index in [1.165, 1.54) is 0 Å². The normalized spacial score (nSPS) is 15.0. The number of para-hydroxylation sites is 1. The van der Waals surface area contributed by atoms with Gasteiger partial charge in [0, 0.05) is 5.69 Å². The van der Waals surface area contributed by atoms with E-state index in [9.17, 15) is 14.4 Å². The first kappa shape index (κ1) is 20.5. The number of hydrogen-bond donors (Lipinski definition) is 1. The molecule has 0 atom stereocenters. The fraction of sp³-hybridized carbons (Fsp3) is 0.190. The molecule has 3 rings (SSSR count). The first-order valence-electron chi connectivity index (χ1n) is 8.93. The van der Waals surface area contributed by atoms with Crippen molar-refractivity contribution in [3.05, 3.63) is 59.0 Å². The number of nitrogens with zero attached hydrogens (tertiary/aromatic N) is 1. The Labute approximate surface area is 172 Å². The van der Waals surface area contributed by atoms with E-state index in [2.05, 4.69) is 5.32 Å². The summed E-state index contributed by atoms with van der Waals surface area (Å²) in [6, 6.07) is 14.1. The Morgan fingerprint density at radius 3 is 2.59 bits per heavy atom. The van der Waals surface area contributed by atoms with Crippen LogP contribution in [-0.2, 0) is 9.59 Å². The number of imide groups is 1. The number of amides is 3. The molecule has 29 heavy (non-hydrogen) atoms. The van der Waals surface area contributed by atoms with Crippen LogP contribution >= 0.6 is 11.8 Å². The van der Waals surface area contributed by atoms with Crippen molar-refractivity contribution < 1.29 is 23.9 Å². The summed E-state index contributed by atoms with van der Waals surface area (Å²) in [6.07, 6.45) is 1.60. The standard InChI is InChI=1S/C21H20N2O5S/c1-3-28-17-11-14(9-10-16(17)27-2)12-18-20(25)23(21(26)29-18)13-19(24)22-15-7-5-4-6-8-15/h4-12H,3,13H2,1-2H3,(H,22,24)/b18-12-. The van der Waals surface area contributed by atoms with E-state index < -0.39 is 17.1 Å². The van der Waals surface area contributed by atoms with Crippen LogP contribution in [0.4, 0.5) is 10.5 Å². The molecule has 0 radical (unpaired) electrons. The number of rotatable bonds is 7. The number of nitrogens with one attached hydrogen (secondary N) is 1. The molecule has 150 valence electrons. The number of carbonyl (C=O) groups is 3. The number of anilines is 1. The van der Waals surface area contributed by atoms with Gasteiger partial charge in [0.1, 0.15) is 6.54 Å². The van der Waals surface area contributed by atoms with Gasteiger partial charge in [0.05, 0.1) is 18.6 Å². The average Bonchev–Trinajstić information content (AvgIpc) is 2.96. The average molecular weight is 412 g/mol. The Kier molecular flexibility index (Phi) is 6.56. The topological polar surface area (TPSA) is 84.9 Å². The van der Waals surface area contributed by atoms with Crippen LogP contribution in [0.2, 0.25) is 0 Å². The molecule has 0 aromatic heterocycles. The molecule has 1 aliphatic rings. The lowest BCUT2D eigenvalue weighted by molar-refractivity contribution is -0.127. The Hall–Kier alpha value is -3.26. The number of carbonyl (C=O) groups excluding carboxylic acids is 3. The third-order valence-electron chi connectivity index (χ3n) is 4.02. The van der Waals surface area contributed by atoms with E-state index in [0.29, 0.717) is 29.4 Å². The van der Waals surface area contributed by atoms with Gasteiger partial charge < -0.3 is 14.8 Å². The number of methoxy groups -OCH3 is 1. The molecule has 0 spiro atoms. The molecule has 7 nitrogen and oxygen atoms in total. The summed E-state index contributed by atoms with van der Waals surface area (Å²) in [5, 5.41) is 2.18. The second-order valence-corrected chi connectivity index (χ2v) is 7.02. The monoisotopic (exact) mass is 412 g/mol. The summed E-state index contributed by atoms with van der Waals surface area (Å²) in [5.41, 5.74) is 1.29. The Balaban J connectivity index is 1.73. The van der Waals surface area contributed by atoms with Crippen molar-refractivity contribution in [2.24, 2.45) is 0 Å². The van der Waals surface area contributed by atoms with Gasteiger partial charge in [0.25, 0.3) is 11.1 Å². The van der Waals surface area contributed by atoms with Crippen molar-refractivity contribution in [3.8, 4) is 11.5 Å². The van der Waals surface area contributed by atoms with Crippen LogP contribution in [0.25, 0.3) is 6.08 Å². The highest BCUT2D eigenvalue weighted by atomic mass is 32.2. The smallest absolute Gasteiger partial charge is 0.294 e. The third kappa shape index (κ3) is 4.97. The van der Waals surface area contributed by atoms with Gasteiger partial charge in [-0.3, -0.25) is 19.3 Å². The summed E-state index contributed by atoms with van der Waals surface area (Å²) >= 11 is 0.801. The van der Waals surface area contributed by atoms with Crippen molar-refractivity contribution in [1.82, 2.24) is 4.90 Å². The van der Waals surface area contributed by atoms with Gasteiger partial charge in [-0.15, -0.1) is 0 Å². The molecular formula is C21H20N2O5S.